The molecule has 0 radical (unpaired) electrons. The first-order valence-electron chi connectivity index (χ1n) is 7.53. The van der Waals surface area contributed by atoms with Gasteiger partial charge in [-0.15, -0.1) is 0 Å². The molecule has 1 fully saturated rings. The van der Waals surface area contributed by atoms with Crippen LogP contribution in [0.3, 0.4) is 0 Å². The number of benzene rings is 1. The molecule has 1 heterocycles. The molecule has 1 saturated heterocycles. The molecule has 1 amide bonds. The Kier molecular flexibility index (Phi) is 6.54. The summed E-state index contributed by atoms with van der Waals surface area (Å²) in [5.41, 5.74) is 1.21. The van der Waals surface area contributed by atoms with Crippen molar-refractivity contribution in [1.29, 1.82) is 0 Å². The lowest BCUT2D eigenvalue weighted by atomic mass is 10.1. The second kappa shape index (κ2) is 8.41. The topological polar surface area (TPSA) is 64.2 Å². The molecule has 2 N–H and O–H groups in total. The summed E-state index contributed by atoms with van der Waals surface area (Å²) in [5, 5.41) is 6.21. The van der Waals surface area contributed by atoms with Crippen molar-refractivity contribution in [1.82, 2.24) is 10.6 Å². The van der Waals surface area contributed by atoms with Gasteiger partial charge in [-0.3, -0.25) is 4.79 Å². The van der Waals surface area contributed by atoms with E-state index >= 15 is 0 Å². The molecule has 5 heteroatoms. The average Bonchev–Trinajstić information content (AvgIpc) is 2.99. The predicted octanol–water partition coefficient (Wildman–Crippen LogP) is 1.23. The quantitative estimate of drug-likeness (QED) is 0.745. The predicted molar refractivity (Wildman–Crippen MR) is 86.7 cm³/mol. The fraction of sp³-hybridized carbons (Fsp3) is 0.562. The summed E-state index contributed by atoms with van der Waals surface area (Å²) in [4.78, 5) is 12.0. The molecule has 116 valence electrons. The highest BCUT2D eigenvalue weighted by Crippen LogP contribution is 2.18. The van der Waals surface area contributed by atoms with Crippen molar-refractivity contribution in [2.45, 2.75) is 37.0 Å². The van der Waals surface area contributed by atoms with Crippen LogP contribution >= 0.6 is 0 Å². The van der Waals surface area contributed by atoms with E-state index in [-0.39, 0.29) is 17.2 Å². The van der Waals surface area contributed by atoms with Gasteiger partial charge in [-0.05, 0) is 31.4 Å². The van der Waals surface area contributed by atoms with Crippen LogP contribution in [0.5, 0.6) is 0 Å². The summed E-state index contributed by atoms with van der Waals surface area (Å²) in [5.74, 6) is -0.000156. The van der Waals surface area contributed by atoms with Gasteiger partial charge in [0, 0.05) is 6.54 Å². The minimum Gasteiger partial charge on any atom is -0.616 e. The van der Waals surface area contributed by atoms with Gasteiger partial charge in [-0.2, -0.15) is 0 Å². The maximum atomic E-state index is 12.0. The number of amides is 1. The summed E-state index contributed by atoms with van der Waals surface area (Å²) < 4.78 is 11.9. The van der Waals surface area contributed by atoms with Gasteiger partial charge in [0.25, 0.3) is 0 Å². The van der Waals surface area contributed by atoms with Gasteiger partial charge in [0.1, 0.15) is 5.25 Å². The Morgan fingerprint density at radius 2 is 2.24 bits per heavy atom. The van der Waals surface area contributed by atoms with Crippen LogP contribution in [-0.4, -0.2) is 41.1 Å². The zero-order chi connectivity index (χ0) is 15.1. The molecule has 0 saturated carbocycles. The molecule has 1 aliphatic heterocycles. The van der Waals surface area contributed by atoms with Crippen molar-refractivity contribution in [2.75, 3.05) is 19.3 Å². The lowest BCUT2D eigenvalue weighted by Gasteiger charge is -2.24. The van der Waals surface area contributed by atoms with E-state index in [4.69, 9.17) is 0 Å². The Hall–Kier alpha value is -1.04. The SMILES string of the molecule is C[S+]([O-])C(CC(=O)NCCc1ccccc1)C1CCCN1. The average molecular weight is 308 g/mol. The summed E-state index contributed by atoms with van der Waals surface area (Å²) in [6.07, 6.45) is 4.99. The summed E-state index contributed by atoms with van der Waals surface area (Å²) >= 11 is -0.979. The van der Waals surface area contributed by atoms with E-state index in [9.17, 15) is 9.35 Å². The molecule has 4 nitrogen and oxygen atoms in total. The third-order valence-electron chi connectivity index (χ3n) is 3.94. The number of nitrogens with one attached hydrogen (secondary N) is 2. The van der Waals surface area contributed by atoms with Crippen LogP contribution in [0.2, 0.25) is 0 Å². The van der Waals surface area contributed by atoms with Crippen LogP contribution in [-0.2, 0) is 22.4 Å². The van der Waals surface area contributed by atoms with Gasteiger partial charge in [0.05, 0.1) is 18.7 Å². The Morgan fingerprint density at radius 1 is 1.48 bits per heavy atom. The van der Waals surface area contributed by atoms with E-state index in [1.54, 1.807) is 6.26 Å². The molecular formula is C16H24N2O2S. The molecular weight excluding hydrogens is 284 g/mol. The Bertz CT molecular complexity index is 433. The van der Waals surface area contributed by atoms with Gasteiger partial charge in [-0.1, -0.05) is 41.5 Å². The molecule has 0 aromatic heterocycles. The maximum absolute atomic E-state index is 12.0. The van der Waals surface area contributed by atoms with E-state index in [0.29, 0.717) is 13.0 Å². The monoisotopic (exact) mass is 308 g/mol. The van der Waals surface area contributed by atoms with Crippen LogP contribution in [0.15, 0.2) is 30.3 Å². The molecule has 0 aliphatic carbocycles. The van der Waals surface area contributed by atoms with Crippen molar-refractivity contribution >= 4 is 17.1 Å². The molecule has 3 atom stereocenters. The zero-order valence-corrected chi connectivity index (χ0v) is 13.3. The number of hydrogen-bond donors (Lipinski definition) is 2. The molecule has 0 spiro atoms. The van der Waals surface area contributed by atoms with E-state index in [0.717, 1.165) is 25.8 Å². The molecule has 1 aromatic carbocycles. The maximum Gasteiger partial charge on any atom is 0.225 e. The summed E-state index contributed by atoms with van der Waals surface area (Å²) in [6, 6.07) is 10.3. The van der Waals surface area contributed by atoms with Gasteiger partial charge in [0.15, 0.2) is 0 Å². The van der Waals surface area contributed by atoms with Crippen LogP contribution < -0.4 is 10.6 Å². The van der Waals surface area contributed by atoms with Gasteiger partial charge >= 0.3 is 0 Å². The summed E-state index contributed by atoms with van der Waals surface area (Å²) in [6.45, 7) is 1.60. The van der Waals surface area contributed by atoms with Crippen molar-refractivity contribution in [3.05, 3.63) is 35.9 Å². The molecule has 21 heavy (non-hydrogen) atoms. The fourth-order valence-electron chi connectivity index (χ4n) is 2.77. The van der Waals surface area contributed by atoms with Gasteiger partial charge in [-0.25, -0.2) is 0 Å². The van der Waals surface area contributed by atoms with Crippen LogP contribution in [0.1, 0.15) is 24.8 Å². The first-order valence-corrected chi connectivity index (χ1v) is 9.15. The largest absolute Gasteiger partial charge is 0.616 e. The molecule has 1 aliphatic rings. The van der Waals surface area contributed by atoms with E-state index in [2.05, 4.69) is 22.8 Å². The normalized spacial score (nSPS) is 21.0. The Morgan fingerprint density at radius 3 is 2.86 bits per heavy atom. The van der Waals surface area contributed by atoms with E-state index in [1.807, 2.05) is 18.2 Å². The minimum absolute atomic E-state index is 0.000156. The highest BCUT2D eigenvalue weighted by Gasteiger charge is 2.33. The smallest absolute Gasteiger partial charge is 0.225 e. The first-order chi connectivity index (χ1) is 10.2. The van der Waals surface area contributed by atoms with Gasteiger partial charge < -0.3 is 15.2 Å². The van der Waals surface area contributed by atoms with Crippen LogP contribution in [0.25, 0.3) is 0 Å². The van der Waals surface area contributed by atoms with E-state index in [1.165, 1.54) is 5.56 Å². The number of rotatable bonds is 7. The number of carbonyl (C=O) groups excluding carboxylic acids is 1. The second-order valence-electron chi connectivity index (χ2n) is 5.53. The molecule has 2 rings (SSSR count). The Labute approximate surface area is 129 Å². The Balaban J connectivity index is 1.74. The van der Waals surface area contributed by atoms with Crippen LogP contribution in [0.4, 0.5) is 0 Å². The number of carbonyl (C=O) groups is 1. The van der Waals surface area contributed by atoms with Crippen molar-refractivity contribution in [2.24, 2.45) is 0 Å². The summed E-state index contributed by atoms with van der Waals surface area (Å²) in [7, 11) is 0. The first kappa shape index (κ1) is 16.3. The number of hydrogen-bond acceptors (Lipinski definition) is 3. The fourth-order valence-corrected chi connectivity index (χ4v) is 3.85. The van der Waals surface area contributed by atoms with Crippen molar-refractivity contribution in [3.8, 4) is 0 Å². The highest BCUT2D eigenvalue weighted by molar-refractivity contribution is 7.91. The molecule has 3 unspecified atom stereocenters. The second-order valence-corrected chi connectivity index (χ2v) is 7.13. The lowest BCUT2D eigenvalue weighted by molar-refractivity contribution is -0.121. The van der Waals surface area contributed by atoms with Gasteiger partial charge in [0.2, 0.25) is 5.91 Å². The van der Waals surface area contributed by atoms with Crippen molar-refractivity contribution < 1.29 is 9.35 Å². The highest BCUT2D eigenvalue weighted by atomic mass is 32.2. The minimum atomic E-state index is -0.979. The van der Waals surface area contributed by atoms with Crippen molar-refractivity contribution in [3.63, 3.8) is 0 Å². The third kappa shape index (κ3) is 5.34. The lowest BCUT2D eigenvalue weighted by Crippen LogP contribution is -2.43. The molecule has 1 aromatic rings. The molecule has 0 bridgehead atoms. The van der Waals surface area contributed by atoms with E-state index < -0.39 is 11.2 Å². The standard InChI is InChI=1S/C16H24N2O2S/c1-21(20)15(14-8-5-10-17-14)12-16(19)18-11-9-13-6-3-2-4-7-13/h2-4,6-7,14-15,17H,5,8-12H2,1H3,(H,18,19). The van der Waals surface area contributed by atoms with Crippen LogP contribution in [0, 0.1) is 0 Å². The third-order valence-corrected chi connectivity index (χ3v) is 5.29. The zero-order valence-electron chi connectivity index (χ0n) is 12.5.